The summed E-state index contributed by atoms with van der Waals surface area (Å²) in [4.78, 5) is 11.4. The molecule has 1 aromatic carbocycles. The van der Waals surface area contributed by atoms with Gasteiger partial charge in [-0.25, -0.2) is 0 Å². The number of carbonyl (C=O) groups is 1. The first kappa shape index (κ1) is 11.7. The van der Waals surface area contributed by atoms with Gasteiger partial charge in [-0.3, -0.25) is 4.79 Å². The predicted molar refractivity (Wildman–Crippen MR) is 66.4 cm³/mol. The lowest BCUT2D eigenvalue weighted by Crippen LogP contribution is -1.98. The highest BCUT2D eigenvalue weighted by Gasteiger charge is 2.10. The molecule has 0 amide bonds. The molecule has 0 saturated carbocycles. The number of ketones is 1. The van der Waals surface area contributed by atoms with E-state index in [0.29, 0.717) is 25.2 Å². The minimum Gasteiger partial charge on any atom is -0.490 e. The molecule has 0 bridgehead atoms. The molecule has 0 radical (unpaired) electrons. The lowest BCUT2D eigenvalue weighted by Gasteiger charge is -2.02. The second-order valence-corrected chi connectivity index (χ2v) is 3.89. The monoisotopic (exact) mass is 232 g/mol. The maximum atomic E-state index is 11.4. The Bertz CT molecular complexity index is 525. The highest BCUT2D eigenvalue weighted by atomic mass is 16.5. The van der Waals surface area contributed by atoms with Crippen molar-refractivity contribution in [2.75, 3.05) is 6.61 Å². The minimum absolute atomic E-state index is 0.182. The molecule has 0 aliphatic rings. The Morgan fingerprint density at radius 2 is 2.18 bits per heavy atom. The lowest BCUT2D eigenvalue weighted by molar-refractivity contribution is -0.118. The average Bonchev–Trinajstić information content (AvgIpc) is 2.72. The summed E-state index contributed by atoms with van der Waals surface area (Å²) < 4.78 is 11.2. The quantitative estimate of drug-likeness (QED) is 0.793. The van der Waals surface area contributed by atoms with Gasteiger partial charge in [0.25, 0.3) is 0 Å². The topological polar surface area (TPSA) is 39.4 Å². The molecular formula is C14H16O3. The average molecular weight is 232 g/mol. The molecule has 0 saturated heterocycles. The molecule has 17 heavy (non-hydrogen) atoms. The van der Waals surface area contributed by atoms with Crippen molar-refractivity contribution in [2.45, 2.75) is 26.7 Å². The summed E-state index contributed by atoms with van der Waals surface area (Å²) in [7, 11) is 0. The van der Waals surface area contributed by atoms with Crippen molar-refractivity contribution in [3.63, 3.8) is 0 Å². The van der Waals surface area contributed by atoms with Crippen LogP contribution in [0.25, 0.3) is 11.0 Å². The number of rotatable bonds is 5. The van der Waals surface area contributed by atoms with Gasteiger partial charge in [0.1, 0.15) is 11.5 Å². The summed E-state index contributed by atoms with van der Waals surface area (Å²) in [6.07, 6.45) is 0.895. The molecule has 0 aliphatic carbocycles. The van der Waals surface area contributed by atoms with E-state index in [1.807, 2.05) is 38.1 Å². The van der Waals surface area contributed by atoms with E-state index in [4.69, 9.17) is 9.15 Å². The fraction of sp³-hybridized carbons (Fsp3) is 0.357. The van der Waals surface area contributed by atoms with Crippen LogP contribution in [-0.2, 0) is 11.2 Å². The summed E-state index contributed by atoms with van der Waals surface area (Å²) in [5.41, 5.74) is 0.730. The molecule has 0 spiro atoms. The Hall–Kier alpha value is -1.77. The predicted octanol–water partition coefficient (Wildman–Crippen LogP) is 3.35. The molecule has 1 aromatic heterocycles. The van der Waals surface area contributed by atoms with Crippen molar-refractivity contribution in [2.24, 2.45) is 0 Å². The normalized spacial score (nSPS) is 10.7. The Balaban J connectivity index is 2.35. The molecule has 0 unspecified atom stereocenters. The van der Waals surface area contributed by atoms with Gasteiger partial charge < -0.3 is 9.15 Å². The van der Waals surface area contributed by atoms with Crippen molar-refractivity contribution in [3.05, 3.63) is 30.0 Å². The maximum Gasteiger partial charge on any atom is 0.176 e. The van der Waals surface area contributed by atoms with Gasteiger partial charge in [0.05, 0.1) is 13.0 Å². The van der Waals surface area contributed by atoms with E-state index in [-0.39, 0.29) is 5.78 Å². The number of hydrogen-bond donors (Lipinski definition) is 0. The molecule has 3 heteroatoms. The molecule has 2 rings (SSSR count). The van der Waals surface area contributed by atoms with Crippen LogP contribution in [-0.4, -0.2) is 12.4 Å². The number of fused-ring (bicyclic) bond motifs is 1. The lowest BCUT2D eigenvalue weighted by atomic mass is 10.2. The largest absolute Gasteiger partial charge is 0.490 e. The van der Waals surface area contributed by atoms with Gasteiger partial charge in [0, 0.05) is 11.8 Å². The van der Waals surface area contributed by atoms with E-state index < -0.39 is 0 Å². The first-order valence-electron chi connectivity index (χ1n) is 5.90. The van der Waals surface area contributed by atoms with E-state index in [1.165, 1.54) is 0 Å². The molecule has 0 N–H and O–H groups in total. The zero-order valence-electron chi connectivity index (χ0n) is 10.2. The molecule has 0 atom stereocenters. The van der Waals surface area contributed by atoms with Crippen LogP contribution in [0.1, 0.15) is 26.0 Å². The van der Waals surface area contributed by atoms with Crippen LogP contribution in [0.3, 0.4) is 0 Å². The summed E-state index contributed by atoms with van der Waals surface area (Å²) in [6.45, 7) is 4.39. The molecular weight excluding hydrogens is 216 g/mol. The second kappa shape index (κ2) is 5.04. The third kappa shape index (κ3) is 2.49. The Labute approximate surface area is 100 Å². The summed E-state index contributed by atoms with van der Waals surface area (Å²) in [6, 6.07) is 7.67. The Morgan fingerprint density at radius 3 is 2.88 bits per heavy atom. The molecule has 1 heterocycles. The van der Waals surface area contributed by atoms with Crippen molar-refractivity contribution < 1.29 is 13.9 Å². The summed E-state index contributed by atoms with van der Waals surface area (Å²) in [5.74, 6) is 1.63. The fourth-order valence-electron chi connectivity index (χ4n) is 1.77. The number of ether oxygens (including phenoxy) is 1. The van der Waals surface area contributed by atoms with Crippen LogP contribution in [0.4, 0.5) is 0 Å². The standard InChI is InChI=1S/C14H16O3/c1-3-11(15)9-12-8-10-6-5-7-13(16-4-2)14(10)17-12/h5-8H,3-4,9H2,1-2H3. The van der Waals surface area contributed by atoms with Gasteiger partial charge in [-0.2, -0.15) is 0 Å². The summed E-state index contributed by atoms with van der Waals surface area (Å²) in [5, 5.41) is 0.981. The van der Waals surface area contributed by atoms with E-state index in [2.05, 4.69) is 0 Å². The van der Waals surface area contributed by atoms with Gasteiger partial charge in [0.2, 0.25) is 0 Å². The molecule has 0 fully saturated rings. The number of hydrogen-bond acceptors (Lipinski definition) is 3. The van der Waals surface area contributed by atoms with Crippen LogP contribution in [0.5, 0.6) is 5.75 Å². The number of furan rings is 1. The van der Waals surface area contributed by atoms with E-state index in [1.54, 1.807) is 0 Å². The number of Topliss-reactive ketones (excluding diaryl/α,β-unsaturated/α-hetero) is 1. The van der Waals surface area contributed by atoms with Crippen LogP contribution >= 0.6 is 0 Å². The first-order valence-corrected chi connectivity index (χ1v) is 5.90. The fourth-order valence-corrected chi connectivity index (χ4v) is 1.77. The van der Waals surface area contributed by atoms with Crippen LogP contribution in [0.15, 0.2) is 28.7 Å². The highest BCUT2D eigenvalue weighted by molar-refractivity contribution is 5.86. The molecule has 0 aliphatic heterocycles. The summed E-state index contributed by atoms with van der Waals surface area (Å²) >= 11 is 0. The molecule has 3 nitrogen and oxygen atoms in total. The number of para-hydroxylation sites is 1. The first-order chi connectivity index (χ1) is 8.24. The molecule has 2 aromatic rings. The zero-order chi connectivity index (χ0) is 12.3. The van der Waals surface area contributed by atoms with Crippen molar-refractivity contribution in [1.82, 2.24) is 0 Å². The van der Waals surface area contributed by atoms with Crippen LogP contribution in [0, 0.1) is 0 Å². The van der Waals surface area contributed by atoms with Gasteiger partial charge in [-0.1, -0.05) is 19.1 Å². The number of carbonyl (C=O) groups excluding carboxylic acids is 1. The van der Waals surface area contributed by atoms with Crippen LogP contribution < -0.4 is 4.74 Å². The van der Waals surface area contributed by atoms with Gasteiger partial charge in [-0.05, 0) is 19.1 Å². The van der Waals surface area contributed by atoms with Gasteiger partial charge in [-0.15, -0.1) is 0 Å². The SMILES string of the molecule is CCOc1cccc2cc(CC(=O)CC)oc12. The van der Waals surface area contributed by atoms with E-state index in [9.17, 15) is 4.79 Å². The van der Waals surface area contributed by atoms with E-state index in [0.717, 1.165) is 16.7 Å². The Morgan fingerprint density at radius 1 is 1.35 bits per heavy atom. The van der Waals surface area contributed by atoms with Crippen molar-refractivity contribution in [1.29, 1.82) is 0 Å². The third-order valence-corrected chi connectivity index (χ3v) is 2.62. The van der Waals surface area contributed by atoms with Gasteiger partial charge >= 0.3 is 0 Å². The smallest absolute Gasteiger partial charge is 0.176 e. The van der Waals surface area contributed by atoms with Crippen molar-refractivity contribution in [3.8, 4) is 5.75 Å². The maximum absolute atomic E-state index is 11.4. The van der Waals surface area contributed by atoms with Gasteiger partial charge in [0.15, 0.2) is 11.3 Å². The third-order valence-electron chi connectivity index (χ3n) is 2.62. The van der Waals surface area contributed by atoms with Crippen molar-refractivity contribution >= 4 is 16.8 Å². The minimum atomic E-state index is 0.182. The zero-order valence-corrected chi connectivity index (χ0v) is 10.2. The molecule has 90 valence electrons. The van der Waals surface area contributed by atoms with E-state index >= 15 is 0 Å². The Kier molecular flexibility index (Phi) is 3.47. The number of benzene rings is 1. The second-order valence-electron chi connectivity index (χ2n) is 3.89. The highest BCUT2D eigenvalue weighted by Crippen LogP contribution is 2.29. The van der Waals surface area contributed by atoms with Crippen LogP contribution in [0.2, 0.25) is 0 Å².